The molecule has 1 amide bonds. The molecule has 138 valence electrons. The first-order valence-corrected chi connectivity index (χ1v) is 8.20. The fraction of sp³-hybridized carbons (Fsp3) is 0.158. The monoisotopic (exact) mass is 368 g/mol. The Hall–Kier alpha value is -3.68. The third-order valence-corrected chi connectivity index (χ3v) is 3.93. The van der Waals surface area contributed by atoms with Crippen LogP contribution in [0.4, 0.5) is 11.4 Å². The summed E-state index contributed by atoms with van der Waals surface area (Å²) in [6.45, 7) is 1.58. The van der Waals surface area contributed by atoms with Crippen LogP contribution in [0, 0.1) is 10.1 Å². The van der Waals surface area contributed by atoms with E-state index < -0.39 is 16.5 Å². The number of ether oxygens (including phenoxy) is 1. The summed E-state index contributed by atoms with van der Waals surface area (Å²) >= 11 is 0. The molecule has 0 radical (unpaired) electrons. The van der Waals surface area contributed by atoms with Crippen molar-refractivity contribution in [1.82, 2.24) is 0 Å². The van der Waals surface area contributed by atoms with Crippen molar-refractivity contribution < 1.29 is 18.9 Å². The number of para-hydroxylation sites is 2. The lowest BCUT2D eigenvalue weighted by molar-refractivity contribution is -0.383. The maximum Gasteiger partial charge on any atom is 0.336 e. The summed E-state index contributed by atoms with van der Waals surface area (Å²) < 4.78 is 10.6. The molecule has 0 fully saturated rings. The highest BCUT2D eigenvalue weighted by Gasteiger charge is 2.15. The third kappa shape index (κ3) is 4.12. The quantitative estimate of drug-likeness (QED) is 0.406. The minimum Gasteiger partial charge on any atom is -0.484 e. The first-order valence-electron chi connectivity index (χ1n) is 8.20. The SMILES string of the molecule is CCc1cc(=O)oc2cc(OCC(=O)Nc3ccccc3[N+](=O)[O-])ccc12. The third-order valence-electron chi connectivity index (χ3n) is 3.93. The van der Waals surface area contributed by atoms with Crippen molar-refractivity contribution >= 4 is 28.3 Å². The van der Waals surface area contributed by atoms with Crippen molar-refractivity contribution in [2.45, 2.75) is 13.3 Å². The second kappa shape index (κ2) is 7.69. The summed E-state index contributed by atoms with van der Waals surface area (Å²) in [5.41, 5.74) is 0.669. The van der Waals surface area contributed by atoms with Crippen LogP contribution in [0.25, 0.3) is 11.0 Å². The van der Waals surface area contributed by atoms with Crippen LogP contribution in [0.1, 0.15) is 12.5 Å². The van der Waals surface area contributed by atoms with Gasteiger partial charge in [-0.3, -0.25) is 14.9 Å². The van der Waals surface area contributed by atoms with Crippen molar-refractivity contribution in [3.05, 3.63) is 74.6 Å². The van der Waals surface area contributed by atoms with E-state index in [2.05, 4.69) is 5.32 Å². The van der Waals surface area contributed by atoms with E-state index in [-0.39, 0.29) is 18.0 Å². The lowest BCUT2D eigenvalue weighted by Crippen LogP contribution is -2.20. The highest BCUT2D eigenvalue weighted by Crippen LogP contribution is 2.24. The van der Waals surface area contributed by atoms with Crippen LogP contribution in [-0.4, -0.2) is 17.4 Å². The van der Waals surface area contributed by atoms with Crippen LogP contribution >= 0.6 is 0 Å². The van der Waals surface area contributed by atoms with Gasteiger partial charge in [0.15, 0.2) is 6.61 Å². The van der Waals surface area contributed by atoms with E-state index in [9.17, 15) is 19.7 Å². The van der Waals surface area contributed by atoms with E-state index in [4.69, 9.17) is 9.15 Å². The molecule has 0 unspecified atom stereocenters. The molecule has 0 spiro atoms. The van der Waals surface area contributed by atoms with Gasteiger partial charge >= 0.3 is 5.63 Å². The largest absolute Gasteiger partial charge is 0.484 e. The summed E-state index contributed by atoms with van der Waals surface area (Å²) in [5, 5.41) is 14.2. The van der Waals surface area contributed by atoms with Gasteiger partial charge in [-0.1, -0.05) is 19.1 Å². The number of benzene rings is 2. The first kappa shape index (κ1) is 18.1. The number of amides is 1. The van der Waals surface area contributed by atoms with E-state index >= 15 is 0 Å². The van der Waals surface area contributed by atoms with Gasteiger partial charge in [-0.15, -0.1) is 0 Å². The van der Waals surface area contributed by atoms with Crippen molar-refractivity contribution in [2.24, 2.45) is 0 Å². The van der Waals surface area contributed by atoms with Crippen LogP contribution in [0.15, 0.2) is 57.7 Å². The molecule has 3 rings (SSSR count). The number of nitro benzene ring substituents is 1. The molecule has 1 heterocycles. The van der Waals surface area contributed by atoms with Crippen molar-refractivity contribution in [3.63, 3.8) is 0 Å². The van der Waals surface area contributed by atoms with Gasteiger partial charge in [0.05, 0.1) is 4.92 Å². The Labute approximate surface area is 153 Å². The molecule has 1 aromatic heterocycles. The number of anilines is 1. The second-order valence-corrected chi connectivity index (χ2v) is 5.71. The molecule has 1 N–H and O–H groups in total. The minimum absolute atomic E-state index is 0.0909. The smallest absolute Gasteiger partial charge is 0.336 e. The summed E-state index contributed by atoms with van der Waals surface area (Å²) in [6.07, 6.45) is 0.681. The number of rotatable bonds is 6. The lowest BCUT2D eigenvalue weighted by Gasteiger charge is -2.09. The predicted octanol–water partition coefficient (Wildman–Crippen LogP) is 3.28. The van der Waals surface area contributed by atoms with E-state index in [1.54, 1.807) is 18.2 Å². The van der Waals surface area contributed by atoms with Crippen LogP contribution in [0.5, 0.6) is 5.75 Å². The zero-order chi connectivity index (χ0) is 19.4. The van der Waals surface area contributed by atoms with Crippen molar-refractivity contribution in [3.8, 4) is 5.75 Å². The zero-order valence-corrected chi connectivity index (χ0v) is 14.4. The Kier molecular flexibility index (Phi) is 5.16. The van der Waals surface area contributed by atoms with Crippen LogP contribution in [0.2, 0.25) is 0 Å². The molecule has 0 aliphatic heterocycles. The minimum atomic E-state index is -0.576. The fourth-order valence-electron chi connectivity index (χ4n) is 2.67. The van der Waals surface area contributed by atoms with E-state index in [1.807, 2.05) is 6.92 Å². The van der Waals surface area contributed by atoms with E-state index in [0.717, 1.165) is 10.9 Å². The standard InChI is InChI=1S/C19H16N2O6/c1-2-12-9-19(23)27-17-10-13(7-8-14(12)17)26-11-18(22)20-15-5-3-4-6-16(15)21(24)25/h3-10H,2,11H2,1H3,(H,20,22). The average molecular weight is 368 g/mol. The normalized spacial score (nSPS) is 10.6. The number of carbonyl (C=O) groups excluding carboxylic acids is 1. The Balaban J connectivity index is 1.72. The van der Waals surface area contributed by atoms with Gasteiger partial charge in [-0.25, -0.2) is 4.79 Å². The van der Waals surface area contributed by atoms with Gasteiger partial charge in [-0.05, 0) is 30.2 Å². The topological polar surface area (TPSA) is 112 Å². The Morgan fingerprint density at radius 2 is 2.00 bits per heavy atom. The zero-order valence-electron chi connectivity index (χ0n) is 14.4. The lowest BCUT2D eigenvalue weighted by atomic mass is 10.1. The van der Waals surface area contributed by atoms with Crippen molar-refractivity contribution in [1.29, 1.82) is 0 Å². The van der Waals surface area contributed by atoms with Crippen molar-refractivity contribution in [2.75, 3.05) is 11.9 Å². The summed E-state index contributed by atoms with van der Waals surface area (Å²) in [7, 11) is 0. The predicted molar refractivity (Wildman–Crippen MR) is 99.1 cm³/mol. The molecule has 0 aliphatic carbocycles. The summed E-state index contributed by atoms with van der Waals surface area (Å²) in [4.78, 5) is 34.0. The Morgan fingerprint density at radius 1 is 1.22 bits per heavy atom. The van der Waals surface area contributed by atoms with Crippen LogP contribution in [-0.2, 0) is 11.2 Å². The molecule has 27 heavy (non-hydrogen) atoms. The molecule has 3 aromatic rings. The van der Waals surface area contributed by atoms with Gasteiger partial charge < -0.3 is 14.5 Å². The average Bonchev–Trinajstić information content (AvgIpc) is 2.65. The van der Waals surface area contributed by atoms with Crippen LogP contribution < -0.4 is 15.7 Å². The number of hydrogen-bond acceptors (Lipinski definition) is 6. The van der Waals surface area contributed by atoms with Gasteiger partial charge in [-0.2, -0.15) is 0 Å². The highest BCUT2D eigenvalue weighted by molar-refractivity contribution is 5.94. The fourth-order valence-corrected chi connectivity index (χ4v) is 2.67. The molecule has 0 saturated heterocycles. The molecule has 0 atom stereocenters. The number of fused-ring (bicyclic) bond motifs is 1. The Morgan fingerprint density at radius 3 is 2.74 bits per heavy atom. The number of carbonyl (C=O) groups is 1. The molecule has 0 bridgehead atoms. The molecule has 0 saturated carbocycles. The highest BCUT2D eigenvalue weighted by atomic mass is 16.6. The van der Waals surface area contributed by atoms with Gasteiger partial charge in [0.1, 0.15) is 17.0 Å². The number of nitro groups is 1. The first-order chi connectivity index (χ1) is 13.0. The summed E-state index contributed by atoms with van der Waals surface area (Å²) in [6, 6.07) is 12.2. The van der Waals surface area contributed by atoms with E-state index in [1.165, 1.54) is 30.3 Å². The molecule has 8 nitrogen and oxygen atoms in total. The van der Waals surface area contributed by atoms with Gasteiger partial charge in [0, 0.05) is 23.6 Å². The van der Waals surface area contributed by atoms with Crippen LogP contribution in [0.3, 0.4) is 0 Å². The number of nitrogens with one attached hydrogen (secondary N) is 1. The van der Waals surface area contributed by atoms with E-state index in [0.29, 0.717) is 17.8 Å². The molecule has 2 aromatic carbocycles. The second-order valence-electron chi connectivity index (χ2n) is 5.71. The molecular weight excluding hydrogens is 352 g/mol. The number of hydrogen-bond donors (Lipinski definition) is 1. The number of aryl methyl sites for hydroxylation is 1. The Bertz CT molecular complexity index is 1070. The van der Waals surface area contributed by atoms with Gasteiger partial charge in [0.2, 0.25) is 0 Å². The number of nitrogens with zero attached hydrogens (tertiary/aromatic N) is 1. The molecular formula is C19H16N2O6. The van der Waals surface area contributed by atoms with Gasteiger partial charge in [0.25, 0.3) is 11.6 Å². The summed E-state index contributed by atoms with van der Waals surface area (Å²) in [5.74, 6) is -0.204. The maximum absolute atomic E-state index is 12.0. The molecule has 0 aliphatic rings. The molecule has 8 heteroatoms. The maximum atomic E-state index is 12.0.